The topological polar surface area (TPSA) is 56.1 Å². The molecule has 3 heterocycles. The number of aryl methyl sites for hydroxylation is 3. The van der Waals surface area contributed by atoms with Crippen LogP contribution in [0, 0.1) is 13.8 Å². The molecule has 0 spiro atoms. The Morgan fingerprint density at radius 2 is 1.93 bits per heavy atom. The van der Waals surface area contributed by atoms with Crippen molar-refractivity contribution < 1.29 is 4.74 Å². The first-order chi connectivity index (χ1) is 13.0. The summed E-state index contributed by atoms with van der Waals surface area (Å²) in [5.74, 6) is 1.60. The van der Waals surface area contributed by atoms with Gasteiger partial charge in [-0.1, -0.05) is 19.8 Å². The fraction of sp³-hybridized carbons (Fsp3) is 0.476. The number of hydrogen-bond donors (Lipinski definition) is 0. The molecule has 0 aromatic carbocycles. The van der Waals surface area contributed by atoms with E-state index in [4.69, 9.17) is 14.7 Å². The molecule has 3 aromatic heterocycles. The Hall–Kier alpha value is -2.63. The molecule has 27 heavy (non-hydrogen) atoms. The van der Waals surface area contributed by atoms with Crippen molar-refractivity contribution in [2.45, 2.75) is 46.6 Å². The van der Waals surface area contributed by atoms with E-state index in [0.717, 1.165) is 58.2 Å². The zero-order chi connectivity index (χ0) is 19.6. The van der Waals surface area contributed by atoms with Gasteiger partial charge in [0.15, 0.2) is 5.65 Å². The Bertz CT molecular complexity index is 945. The molecule has 0 saturated carbocycles. The molecule has 144 valence electrons. The molecule has 0 radical (unpaired) electrons. The molecular weight excluding hydrogens is 338 g/mol. The van der Waals surface area contributed by atoms with Crippen molar-refractivity contribution in [3.63, 3.8) is 0 Å². The standard InChI is InChI=1S/C21H29N5O/c1-7-8-9-10-26-13-14(2)19-21(26)23-15(3)20(24-19)16-12-22-18(25(4)5)11-17(16)27-6/h11-13H,7-10H2,1-6H3. The van der Waals surface area contributed by atoms with Crippen LogP contribution >= 0.6 is 0 Å². The van der Waals surface area contributed by atoms with Crippen molar-refractivity contribution in [1.29, 1.82) is 0 Å². The summed E-state index contributed by atoms with van der Waals surface area (Å²) in [4.78, 5) is 16.3. The molecule has 0 N–H and O–H groups in total. The summed E-state index contributed by atoms with van der Waals surface area (Å²) in [5.41, 5.74) is 5.63. The summed E-state index contributed by atoms with van der Waals surface area (Å²) in [6.07, 6.45) is 7.58. The first kappa shape index (κ1) is 19.1. The van der Waals surface area contributed by atoms with Gasteiger partial charge < -0.3 is 14.2 Å². The fourth-order valence-corrected chi connectivity index (χ4v) is 3.30. The maximum Gasteiger partial charge on any atom is 0.159 e. The molecule has 0 amide bonds. The monoisotopic (exact) mass is 367 g/mol. The van der Waals surface area contributed by atoms with E-state index in [0.29, 0.717) is 0 Å². The highest BCUT2D eigenvalue weighted by molar-refractivity contribution is 5.81. The van der Waals surface area contributed by atoms with Crippen molar-refractivity contribution in [2.24, 2.45) is 0 Å². The molecule has 0 fully saturated rings. The lowest BCUT2D eigenvalue weighted by Gasteiger charge is -2.15. The van der Waals surface area contributed by atoms with Crippen LogP contribution < -0.4 is 9.64 Å². The number of pyridine rings is 1. The summed E-state index contributed by atoms with van der Waals surface area (Å²) in [5, 5.41) is 0. The predicted octanol–water partition coefficient (Wildman–Crippen LogP) is 4.37. The number of aromatic nitrogens is 4. The van der Waals surface area contributed by atoms with Crippen LogP contribution in [-0.2, 0) is 6.54 Å². The average Bonchev–Trinajstić information content (AvgIpc) is 2.95. The van der Waals surface area contributed by atoms with Crippen molar-refractivity contribution in [1.82, 2.24) is 19.5 Å². The number of anilines is 1. The van der Waals surface area contributed by atoms with Gasteiger partial charge in [-0.25, -0.2) is 15.0 Å². The van der Waals surface area contributed by atoms with E-state index >= 15 is 0 Å². The Morgan fingerprint density at radius 3 is 2.59 bits per heavy atom. The molecule has 0 aliphatic rings. The molecule has 0 saturated heterocycles. The molecule has 6 nitrogen and oxygen atoms in total. The molecule has 3 rings (SSSR count). The number of hydrogen-bond acceptors (Lipinski definition) is 5. The van der Waals surface area contributed by atoms with Gasteiger partial charge in [-0.2, -0.15) is 0 Å². The average molecular weight is 367 g/mol. The minimum absolute atomic E-state index is 0.755. The molecule has 3 aromatic rings. The lowest BCUT2D eigenvalue weighted by atomic mass is 10.1. The third-order valence-corrected chi connectivity index (χ3v) is 4.83. The Balaban J connectivity index is 2.08. The van der Waals surface area contributed by atoms with Crippen molar-refractivity contribution >= 4 is 17.0 Å². The molecule has 0 atom stereocenters. The van der Waals surface area contributed by atoms with Crippen molar-refractivity contribution in [2.75, 3.05) is 26.1 Å². The second kappa shape index (κ2) is 7.94. The quantitative estimate of drug-likeness (QED) is 0.580. The lowest BCUT2D eigenvalue weighted by Crippen LogP contribution is -2.11. The molecule has 0 aliphatic heterocycles. The van der Waals surface area contributed by atoms with Gasteiger partial charge in [0.1, 0.15) is 17.1 Å². The van der Waals surface area contributed by atoms with E-state index in [9.17, 15) is 0 Å². The lowest BCUT2D eigenvalue weighted by molar-refractivity contribution is 0.416. The highest BCUT2D eigenvalue weighted by Gasteiger charge is 2.17. The van der Waals surface area contributed by atoms with Crippen LogP contribution in [0.15, 0.2) is 18.5 Å². The van der Waals surface area contributed by atoms with Crippen LogP contribution in [0.3, 0.4) is 0 Å². The van der Waals surface area contributed by atoms with Gasteiger partial charge in [0, 0.05) is 39.1 Å². The molecule has 0 unspecified atom stereocenters. The van der Waals surface area contributed by atoms with Gasteiger partial charge in [0.2, 0.25) is 0 Å². The van der Waals surface area contributed by atoms with E-state index in [1.807, 2.05) is 38.2 Å². The second-order valence-corrected chi connectivity index (χ2v) is 7.18. The van der Waals surface area contributed by atoms with E-state index in [2.05, 4.69) is 29.6 Å². The van der Waals surface area contributed by atoms with Crippen molar-refractivity contribution in [3.05, 3.63) is 29.7 Å². The predicted molar refractivity (Wildman–Crippen MR) is 111 cm³/mol. The third kappa shape index (κ3) is 3.75. The number of rotatable bonds is 7. The maximum absolute atomic E-state index is 5.62. The largest absolute Gasteiger partial charge is 0.496 e. The van der Waals surface area contributed by atoms with Crippen LogP contribution in [0.1, 0.15) is 37.4 Å². The second-order valence-electron chi connectivity index (χ2n) is 7.18. The van der Waals surface area contributed by atoms with Crippen LogP contribution in [0.5, 0.6) is 5.75 Å². The van der Waals surface area contributed by atoms with E-state index in [1.165, 1.54) is 12.8 Å². The van der Waals surface area contributed by atoms with E-state index in [-0.39, 0.29) is 0 Å². The summed E-state index contributed by atoms with van der Waals surface area (Å²) < 4.78 is 7.85. The smallest absolute Gasteiger partial charge is 0.159 e. The van der Waals surface area contributed by atoms with Gasteiger partial charge in [0.05, 0.1) is 24.1 Å². The highest BCUT2D eigenvalue weighted by Crippen LogP contribution is 2.33. The third-order valence-electron chi connectivity index (χ3n) is 4.83. The van der Waals surface area contributed by atoms with E-state index < -0.39 is 0 Å². The zero-order valence-corrected chi connectivity index (χ0v) is 17.2. The molecule has 0 aliphatic carbocycles. The fourth-order valence-electron chi connectivity index (χ4n) is 3.30. The molecule has 6 heteroatoms. The minimum Gasteiger partial charge on any atom is -0.496 e. The first-order valence-corrected chi connectivity index (χ1v) is 9.52. The van der Waals surface area contributed by atoms with Crippen LogP contribution in [0.4, 0.5) is 5.82 Å². The summed E-state index contributed by atoms with van der Waals surface area (Å²) >= 11 is 0. The Kier molecular flexibility index (Phi) is 5.63. The summed E-state index contributed by atoms with van der Waals surface area (Å²) in [6, 6.07) is 1.93. The maximum atomic E-state index is 5.62. The number of fused-ring (bicyclic) bond motifs is 1. The van der Waals surface area contributed by atoms with Crippen LogP contribution in [0.2, 0.25) is 0 Å². The summed E-state index contributed by atoms with van der Waals surface area (Å²) in [7, 11) is 5.60. The SMILES string of the molecule is CCCCCn1cc(C)c2nc(-c3cnc(N(C)C)cc3OC)c(C)nc21. The van der Waals surface area contributed by atoms with Gasteiger partial charge >= 0.3 is 0 Å². The molecule has 0 bridgehead atoms. The van der Waals surface area contributed by atoms with Crippen LogP contribution in [-0.4, -0.2) is 40.7 Å². The Morgan fingerprint density at radius 1 is 1.15 bits per heavy atom. The van der Waals surface area contributed by atoms with Gasteiger partial charge in [0.25, 0.3) is 0 Å². The minimum atomic E-state index is 0.755. The first-order valence-electron chi connectivity index (χ1n) is 9.52. The van der Waals surface area contributed by atoms with Crippen LogP contribution in [0.25, 0.3) is 22.4 Å². The zero-order valence-electron chi connectivity index (χ0n) is 17.2. The van der Waals surface area contributed by atoms with E-state index in [1.54, 1.807) is 7.11 Å². The van der Waals surface area contributed by atoms with Gasteiger partial charge in [-0.15, -0.1) is 0 Å². The highest BCUT2D eigenvalue weighted by atomic mass is 16.5. The number of unbranched alkanes of at least 4 members (excludes halogenated alkanes) is 2. The number of ether oxygens (including phenoxy) is 1. The van der Waals surface area contributed by atoms with Crippen molar-refractivity contribution in [3.8, 4) is 17.0 Å². The Labute approximate surface area is 161 Å². The normalized spacial score (nSPS) is 11.2. The summed E-state index contributed by atoms with van der Waals surface area (Å²) in [6.45, 7) is 7.29. The number of methoxy groups -OCH3 is 1. The van der Waals surface area contributed by atoms with Gasteiger partial charge in [-0.05, 0) is 25.8 Å². The van der Waals surface area contributed by atoms with Gasteiger partial charge in [-0.3, -0.25) is 0 Å². The molecular formula is C21H29N5O. The number of nitrogens with zero attached hydrogens (tertiary/aromatic N) is 5.